The van der Waals surface area contributed by atoms with Gasteiger partial charge in [-0.15, -0.1) is 0 Å². The van der Waals surface area contributed by atoms with Crippen LogP contribution in [0.4, 0.5) is 0 Å². The van der Waals surface area contributed by atoms with E-state index < -0.39 is 29.8 Å². The Bertz CT molecular complexity index is 1190. The summed E-state index contributed by atoms with van der Waals surface area (Å²) in [6, 6.07) is 0. The molecule has 0 aromatic rings. The van der Waals surface area contributed by atoms with Crippen molar-refractivity contribution in [2.24, 2.45) is 51.2 Å². The van der Waals surface area contributed by atoms with Crippen LogP contribution >= 0.6 is 0 Å². The van der Waals surface area contributed by atoms with Crippen molar-refractivity contribution in [2.45, 2.75) is 152 Å². The van der Waals surface area contributed by atoms with Crippen LogP contribution in [0.15, 0.2) is 23.8 Å². The minimum Gasteiger partial charge on any atom is -0.461 e. The minimum absolute atomic E-state index is 0.0314. The number of fused-ring (bicyclic) bond motifs is 1. The summed E-state index contributed by atoms with van der Waals surface area (Å²) >= 11 is 0. The van der Waals surface area contributed by atoms with Crippen molar-refractivity contribution in [2.75, 3.05) is 0 Å². The van der Waals surface area contributed by atoms with Crippen molar-refractivity contribution < 1.29 is 27.9 Å². The molecule has 1 aliphatic heterocycles. The minimum atomic E-state index is -1.56. The van der Waals surface area contributed by atoms with Crippen LogP contribution in [0.25, 0.3) is 0 Å². The van der Waals surface area contributed by atoms with E-state index in [4.69, 9.17) is 18.3 Å². The summed E-state index contributed by atoms with van der Waals surface area (Å²) in [5.41, 5.74) is 0.445. The van der Waals surface area contributed by atoms with Crippen LogP contribution < -0.4 is 0 Å². The molecule has 1 saturated carbocycles. The van der Waals surface area contributed by atoms with Gasteiger partial charge in [-0.25, -0.2) is 4.79 Å². The predicted octanol–water partition coefficient (Wildman–Crippen LogP) is 8.26. The van der Waals surface area contributed by atoms with Crippen LogP contribution in [0.5, 0.6) is 0 Å². The Balaban J connectivity index is 1.70. The standard InChI is InChI=1S/C38H66O6Si2/c1-23-16-17-24-20-25(34(2,3)4)21-28(42-33(40)31-36(8,9)37(31,10)11)29(24)38(23,44-46(14)15)19-18-26-22-27(35(5,6)7)30(32(39)41-26)43-45(12)13/h16-17,20,23,25-31,45-46H,18-19,21-22H2,1-15H3/t23-,25+,26+,27-,28-,29+,30?,38-/m0/s1. The Morgan fingerprint density at radius 1 is 0.957 bits per heavy atom. The SMILES string of the molecule is C[C@H]1C=CC2=C[C@@H](C(C)(C)C)C[C@H](OC(=O)C3C(C)(C)C3(C)C)[C@@H]2[C@@]1(CC[C@@H]1C[C@H](C(C)(C)C)C(O[SiH](C)C)C(=O)O1)O[SiH](C)C. The lowest BCUT2D eigenvalue weighted by atomic mass is 9.59. The second kappa shape index (κ2) is 12.9. The molecular weight excluding hydrogens is 609 g/mol. The number of allylic oxidation sites excluding steroid dienone is 2. The highest BCUT2D eigenvalue weighted by Gasteiger charge is 2.69. The zero-order valence-electron chi connectivity index (χ0n) is 31.8. The number of cyclic esters (lactones) is 1. The molecule has 1 heterocycles. The molecule has 4 rings (SSSR count). The van der Waals surface area contributed by atoms with Crippen LogP contribution in [-0.2, 0) is 27.9 Å². The Morgan fingerprint density at radius 2 is 1.57 bits per heavy atom. The van der Waals surface area contributed by atoms with Gasteiger partial charge in [0.1, 0.15) is 18.3 Å². The first kappa shape index (κ1) is 37.6. The number of ether oxygens (including phenoxy) is 2. The van der Waals surface area contributed by atoms with E-state index in [1.165, 1.54) is 5.57 Å². The van der Waals surface area contributed by atoms with Crippen molar-refractivity contribution in [3.63, 3.8) is 0 Å². The molecule has 262 valence electrons. The monoisotopic (exact) mass is 674 g/mol. The lowest BCUT2D eigenvalue weighted by molar-refractivity contribution is -0.179. The molecule has 8 heteroatoms. The molecule has 0 aromatic carbocycles. The molecule has 0 N–H and O–H groups in total. The molecule has 2 fully saturated rings. The average molecular weight is 675 g/mol. The van der Waals surface area contributed by atoms with Gasteiger partial charge in [-0.1, -0.05) is 94.4 Å². The van der Waals surface area contributed by atoms with Crippen molar-refractivity contribution in [1.82, 2.24) is 0 Å². The van der Waals surface area contributed by atoms with Crippen LogP contribution in [0.3, 0.4) is 0 Å². The number of carbonyl (C=O) groups excluding carboxylic acids is 2. The molecule has 0 aromatic heterocycles. The molecule has 0 amide bonds. The summed E-state index contributed by atoms with van der Waals surface area (Å²) in [6.45, 7) is 33.2. The molecule has 4 aliphatic rings. The topological polar surface area (TPSA) is 71.1 Å². The van der Waals surface area contributed by atoms with E-state index >= 15 is 0 Å². The molecule has 46 heavy (non-hydrogen) atoms. The maximum absolute atomic E-state index is 14.0. The van der Waals surface area contributed by atoms with Crippen molar-refractivity contribution in [3.05, 3.63) is 23.8 Å². The molecule has 1 saturated heterocycles. The van der Waals surface area contributed by atoms with E-state index in [2.05, 4.69) is 121 Å². The van der Waals surface area contributed by atoms with Crippen LogP contribution in [0, 0.1) is 51.2 Å². The Kier molecular flexibility index (Phi) is 10.5. The van der Waals surface area contributed by atoms with E-state index in [1.807, 2.05) is 0 Å². The highest BCUT2D eigenvalue weighted by atomic mass is 28.3. The van der Waals surface area contributed by atoms with Gasteiger partial charge in [0.2, 0.25) is 0 Å². The highest BCUT2D eigenvalue weighted by Crippen LogP contribution is 2.69. The van der Waals surface area contributed by atoms with Gasteiger partial charge in [0.15, 0.2) is 18.1 Å². The largest absolute Gasteiger partial charge is 0.461 e. The van der Waals surface area contributed by atoms with Gasteiger partial charge in [-0.2, -0.15) is 0 Å². The maximum atomic E-state index is 14.0. The van der Waals surface area contributed by atoms with E-state index in [0.717, 1.165) is 19.3 Å². The number of hydrogen-bond donors (Lipinski definition) is 0. The van der Waals surface area contributed by atoms with Gasteiger partial charge in [0, 0.05) is 17.8 Å². The van der Waals surface area contributed by atoms with Gasteiger partial charge in [-0.05, 0) is 85.0 Å². The summed E-state index contributed by atoms with van der Waals surface area (Å²) in [5, 5.41) is 0. The third kappa shape index (κ3) is 7.21. The normalized spacial score (nSPS) is 35.9. The van der Waals surface area contributed by atoms with Crippen LogP contribution in [0.2, 0.25) is 26.2 Å². The van der Waals surface area contributed by atoms with Gasteiger partial charge in [0.05, 0.1) is 11.5 Å². The van der Waals surface area contributed by atoms with Crippen molar-refractivity contribution in [1.29, 1.82) is 0 Å². The third-order valence-electron chi connectivity index (χ3n) is 12.4. The van der Waals surface area contributed by atoms with Gasteiger partial charge >= 0.3 is 11.9 Å². The molecule has 0 spiro atoms. The molecule has 1 unspecified atom stereocenters. The first-order valence-electron chi connectivity index (χ1n) is 18.1. The predicted molar refractivity (Wildman–Crippen MR) is 191 cm³/mol. The third-order valence-corrected chi connectivity index (χ3v) is 14.1. The Morgan fingerprint density at radius 3 is 2.07 bits per heavy atom. The second-order valence-corrected chi connectivity index (χ2v) is 23.6. The highest BCUT2D eigenvalue weighted by molar-refractivity contribution is 6.48. The van der Waals surface area contributed by atoms with Crippen LogP contribution in [-0.4, -0.2) is 53.9 Å². The fourth-order valence-electron chi connectivity index (χ4n) is 8.91. The summed E-state index contributed by atoms with van der Waals surface area (Å²) in [7, 11) is -2.99. The van der Waals surface area contributed by atoms with E-state index in [1.54, 1.807) is 0 Å². The number of carbonyl (C=O) groups is 2. The Hall–Kier alpha value is -1.23. The smallest absolute Gasteiger partial charge is 0.334 e. The first-order chi connectivity index (χ1) is 20.9. The zero-order chi connectivity index (χ0) is 34.8. The lowest BCUT2D eigenvalue weighted by Crippen LogP contribution is -2.58. The maximum Gasteiger partial charge on any atom is 0.334 e. The summed E-state index contributed by atoms with van der Waals surface area (Å²) in [4.78, 5) is 27.4. The first-order valence-corrected chi connectivity index (χ1v) is 23.6. The molecule has 3 aliphatic carbocycles. The van der Waals surface area contributed by atoms with Gasteiger partial charge < -0.3 is 18.3 Å². The number of hydrogen-bond acceptors (Lipinski definition) is 6. The average Bonchev–Trinajstić information content (AvgIpc) is 3.31. The lowest BCUT2D eigenvalue weighted by Gasteiger charge is -2.54. The van der Waals surface area contributed by atoms with E-state index in [0.29, 0.717) is 6.42 Å². The molecule has 0 bridgehead atoms. The second-order valence-electron chi connectivity index (χ2n) is 18.9. The summed E-state index contributed by atoms with van der Waals surface area (Å²) in [6.07, 6.45) is 9.05. The van der Waals surface area contributed by atoms with Crippen molar-refractivity contribution in [3.8, 4) is 0 Å². The fraction of sp³-hybridized carbons (Fsp3) is 0.842. The molecule has 6 nitrogen and oxygen atoms in total. The quantitative estimate of drug-likeness (QED) is 0.181. The number of esters is 2. The number of rotatable bonds is 9. The summed E-state index contributed by atoms with van der Waals surface area (Å²) < 4.78 is 26.4. The van der Waals surface area contributed by atoms with Gasteiger partial charge in [-0.3, -0.25) is 4.79 Å². The molecule has 0 radical (unpaired) electrons. The van der Waals surface area contributed by atoms with Gasteiger partial charge in [0.25, 0.3) is 0 Å². The van der Waals surface area contributed by atoms with Crippen molar-refractivity contribution >= 4 is 30.0 Å². The fourth-order valence-corrected chi connectivity index (χ4v) is 11.2. The van der Waals surface area contributed by atoms with Crippen LogP contribution in [0.1, 0.15) is 102 Å². The Labute approximate surface area is 284 Å². The molecular formula is C38H66O6Si2. The molecule has 8 atom stereocenters. The summed E-state index contributed by atoms with van der Waals surface area (Å²) in [5.74, 6) is 0.00839. The van der Waals surface area contributed by atoms with E-state index in [9.17, 15) is 9.59 Å². The van der Waals surface area contributed by atoms with E-state index in [-0.39, 0.29) is 75.4 Å². The zero-order valence-corrected chi connectivity index (χ0v) is 34.1.